The molecule has 8 heteroatoms. The van der Waals surface area contributed by atoms with E-state index in [0.717, 1.165) is 43.3 Å². The number of rotatable bonds is 5. The summed E-state index contributed by atoms with van der Waals surface area (Å²) in [5.41, 5.74) is 2.61. The van der Waals surface area contributed by atoms with Crippen molar-refractivity contribution >= 4 is 52.2 Å². The van der Waals surface area contributed by atoms with Crippen LogP contribution in [0.1, 0.15) is 13.3 Å². The van der Waals surface area contributed by atoms with Gasteiger partial charge in [0.15, 0.2) is 0 Å². The van der Waals surface area contributed by atoms with E-state index < -0.39 is 5.25 Å². The van der Waals surface area contributed by atoms with Gasteiger partial charge < -0.3 is 20.4 Å². The fourth-order valence-electron chi connectivity index (χ4n) is 3.72. The molecule has 1 fully saturated rings. The number of hydrogen-bond donors (Lipinski definition) is 2. The van der Waals surface area contributed by atoms with Gasteiger partial charge in [-0.2, -0.15) is 0 Å². The molecule has 0 radical (unpaired) electrons. The van der Waals surface area contributed by atoms with E-state index in [1.54, 1.807) is 12.1 Å². The second-order valence-electron chi connectivity index (χ2n) is 7.46. The van der Waals surface area contributed by atoms with Crippen molar-refractivity contribution in [2.45, 2.75) is 23.5 Å². The number of piperazine rings is 1. The zero-order valence-electron chi connectivity index (χ0n) is 16.9. The van der Waals surface area contributed by atoms with Crippen molar-refractivity contribution in [2.75, 3.05) is 48.3 Å². The number of carbonyl (C=O) groups is 2. The molecule has 0 saturated carbocycles. The van der Waals surface area contributed by atoms with Crippen LogP contribution in [0.25, 0.3) is 0 Å². The Morgan fingerprint density at radius 2 is 1.90 bits per heavy atom. The number of hydrogen-bond acceptors (Lipinski definition) is 5. The largest absolute Gasteiger partial charge is 0.369 e. The summed E-state index contributed by atoms with van der Waals surface area (Å²) in [6, 6.07) is 13.3. The molecule has 1 atom stereocenters. The fraction of sp³-hybridized carbons (Fsp3) is 0.364. The Balaban J connectivity index is 1.32. The SMILES string of the molecule is CCN1CCN(c2ccc(NC(=O)CC3Sc4ccc(Cl)cc4NC3=O)cc2)CC1. The zero-order chi connectivity index (χ0) is 21.1. The normalized spacial score (nSPS) is 19.2. The molecule has 0 spiro atoms. The summed E-state index contributed by atoms with van der Waals surface area (Å²) >= 11 is 7.37. The smallest absolute Gasteiger partial charge is 0.238 e. The van der Waals surface area contributed by atoms with Crippen molar-refractivity contribution in [3.05, 3.63) is 47.5 Å². The highest BCUT2D eigenvalue weighted by atomic mass is 35.5. The maximum Gasteiger partial charge on any atom is 0.238 e. The van der Waals surface area contributed by atoms with E-state index >= 15 is 0 Å². The first-order chi connectivity index (χ1) is 14.5. The molecule has 2 heterocycles. The summed E-state index contributed by atoms with van der Waals surface area (Å²) in [5.74, 6) is -0.351. The van der Waals surface area contributed by atoms with Gasteiger partial charge in [-0.25, -0.2) is 0 Å². The molecule has 0 bridgehead atoms. The van der Waals surface area contributed by atoms with Crippen molar-refractivity contribution < 1.29 is 9.59 Å². The van der Waals surface area contributed by atoms with Crippen molar-refractivity contribution in [1.82, 2.24) is 4.90 Å². The van der Waals surface area contributed by atoms with Gasteiger partial charge in [0.2, 0.25) is 11.8 Å². The van der Waals surface area contributed by atoms with Gasteiger partial charge in [-0.1, -0.05) is 18.5 Å². The molecular formula is C22H25ClN4O2S. The molecule has 2 N–H and O–H groups in total. The van der Waals surface area contributed by atoms with Gasteiger partial charge in [-0.15, -0.1) is 11.8 Å². The fourth-order valence-corrected chi connectivity index (χ4v) is 4.98. The molecular weight excluding hydrogens is 420 g/mol. The van der Waals surface area contributed by atoms with Crippen LogP contribution in [0.2, 0.25) is 5.02 Å². The van der Waals surface area contributed by atoms with E-state index in [0.29, 0.717) is 10.7 Å². The Morgan fingerprint density at radius 1 is 1.17 bits per heavy atom. The Labute approximate surface area is 185 Å². The Morgan fingerprint density at radius 3 is 2.60 bits per heavy atom. The van der Waals surface area contributed by atoms with Gasteiger partial charge >= 0.3 is 0 Å². The van der Waals surface area contributed by atoms with Crippen LogP contribution in [0.15, 0.2) is 47.4 Å². The molecule has 2 aliphatic heterocycles. The Hall–Kier alpha value is -2.22. The number of carbonyl (C=O) groups excluding carboxylic acids is 2. The number of anilines is 3. The summed E-state index contributed by atoms with van der Waals surface area (Å²) in [7, 11) is 0. The van der Waals surface area contributed by atoms with Gasteiger partial charge in [0.25, 0.3) is 0 Å². The minimum atomic E-state index is -0.465. The number of nitrogens with zero attached hydrogens (tertiary/aromatic N) is 2. The first-order valence-corrected chi connectivity index (χ1v) is 11.4. The lowest BCUT2D eigenvalue weighted by Gasteiger charge is -2.35. The van der Waals surface area contributed by atoms with E-state index in [1.807, 2.05) is 30.3 Å². The van der Waals surface area contributed by atoms with Crippen LogP contribution >= 0.6 is 23.4 Å². The van der Waals surface area contributed by atoms with Crippen LogP contribution in [0.5, 0.6) is 0 Å². The number of likely N-dealkylation sites (N-methyl/N-ethyl adjacent to an activating group) is 1. The van der Waals surface area contributed by atoms with Crippen LogP contribution in [0.4, 0.5) is 17.1 Å². The average molecular weight is 445 g/mol. The predicted molar refractivity (Wildman–Crippen MR) is 124 cm³/mol. The highest BCUT2D eigenvalue weighted by Gasteiger charge is 2.29. The Kier molecular flexibility index (Phi) is 6.51. The third-order valence-corrected chi connectivity index (χ3v) is 6.98. The van der Waals surface area contributed by atoms with Crippen molar-refractivity contribution in [3.63, 3.8) is 0 Å². The average Bonchev–Trinajstić information content (AvgIpc) is 2.75. The minimum Gasteiger partial charge on any atom is -0.369 e. The minimum absolute atomic E-state index is 0.110. The molecule has 4 rings (SSSR count). The van der Waals surface area contributed by atoms with Gasteiger partial charge in [-0.3, -0.25) is 9.59 Å². The standard InChI is InChI=1S/C22H25ClN4O2S/c1-2-26-9-11-27(12-10-26)17-6-4-16(5-7-17)24-21(28)14-20-22(29)25-18-13-15(23)3-8-19(18)30-20/h3-8,13,20H,2,9-12,14H2,1H3,(H,24,28)(H,25,29). The van der Waals surface area contributed by atoms with E-state index in [4.69, 9.17) is 11.6 Å². The highest BCUT2D eigenvalue weighted by Crippen LogP contribution is 2.38. The molecule has 1 unspecified atom stereocenters. The van der Waals surface area contributed by atoms with Crippen LogP contribution in [-0.4, -0.2) is 54.7 Å². The van der Waals surface area contributed by atoms with Gasteiger partial charge in [-0.05, 0) is 49.0 Å². The van der Waals surface area contributed by atoms with Gasteiger partial charge in [0.05, 0.1) is 10.9 Å². The molecule has 30 heavy (non-hydrogen) atoms. The lowest BCUT2D eigenvalue weighted by molar-refractivity contribution is -0.120. The first kappa shape index (κ1) is 21.0. The van der Waals surface area contributed by atoms with Crippen molar-refractivity contribution in [2.24, 2.45) is 0 Å². The molecule has 2 aromatic rings. The van der Waals surface area contributed by atoms with Crippen LogP contribution in [0, 0.1) is 0 Å². The van der Waals surface area contributed by atoms with E-state index in [-0.39, 0.29) is 18.2 Å². The molecule has 6 nitrogen and oxygen atoms in total. The third-order valence-electron chi connectivity index (χ3n) is 5.47. The van der Waals surface area contributed by atoms with Gasteiger partial charge in [0.1, 0.15) is 0 Å². The summed E-state index contributed by atoms with van der Waals surface area (Å²) in [4.78, 5) is 30.6. The monoisotopic (exact) mass is 444 g/mol. The first-order valence-electron chi connectivity index (χ1n) is 10.2. The summed E-state index contributed by atoms with van der Waals surface area (Å²) in [6.45, 7) is 7.46. The molecule has 0 aliphatic carbocycles. The number of halogens is 1. The summed E-state index contributed by atoms with van der Waals surface area (Å²) in [6.07, 6.45) is 0.110. The maximum atomic E-state index is 12.5. The highest BCUT2D eigenvalue weighted by molar-refractivity contribution is 8.01. The van der Waals surface area contributed by atoms with Crippen LogP contribution in [0.3, 0.4) is 0 Å². The van der Waals surface area contributed by atoms with E-state index in [2.05, 4.69) is 27.4 Å². The quantitative estimate of drug-likeness (QED) is 0.731. The number of fused-ring (bicyclic) bond motifs is 1. The van der Waals surface area contributed by atoms with E-state index in [1.165, 1.54) is 17.4 Å². The molecule has 2 amide bonds. The number of benzene rings is 2. The molecule has 158 valence electrons. The zero-order valence-corrected chi connectivity index (χ0v) is 18.4. The molecule has 2 aromatic carbocycles. The van der Waals surface area contributed by atoms with Gasteiger partial charge in [0, 0.05) is 53.9 Å². The number of amides is 2. The lowest BCUT2D eigenvalue weighted by atomic mass is 10.2. The topological polar surface area (TPSA) is 64.7 Å². The molecule has 0 aromatic heterocycles. The molecule has 1 saturated heterocycles. The molecule has 2 aliphatic rings. The van der Waals surface area contributed by atoms with E-state index in [9.17, 15) is 9.59 Å². The van der Waals surface area contributed by atoms with Crippen molar-refractivity contribution in [1.29, 1.82) is 0 Å². The third kappa shape index (κ3) is 4.91. The second-order valence-corrected chi connectivity index (χ2v) is 9.14. The van der Waals surface area contributed by atoms with Crippen LogP contribution < -0.4 is 15.5 Å². The van der Waals surface area contributed by atoms with Crippen molar-refractivity contribution in [3.8, 4) is 0 Å². The summed E-state index contributed by atoms with van der Waals surface area (Å²) in [5, 5.41) is 5.85. The van der Waals surface area contributed by atoms with Crippen LogP contribution in [-0.2, 0) is 9.59 Å². The predicted octanol–water partition coefficient (Wildman–Crippen LogP) is 3.92. The lowest BCUT2D eigenvalue weighted by Crippen LogP contribution is -2.46. The number of nitrogens with one attached hydrogen (secondary N) is 2. The number of thioether (sulfide) groups is 1. The summed E-state index contributed by atoms with van der Waals surface area (Å²) < 4.78 is 0. The Bertz CT molecular complexity index is 929. The maximum absolute atomic E-state index is 12.5. The second kappa shape index (κ2) is 9.29.